The highest BCUT2D eigenvalue weighted by Crippen LogP contribution is 2.28. The average Bonchev–Trinajstić information content (AvgIpc) is 2.24. The summed E-state index contributed by atoms with van der Waals surface area (Å²) in [6.45, 7) is 3.89. The average molecular weight is 207 g/mol. The predicted octanol–water partition coefficient (Wildman–Crippen LogP) is 1.83. The number of aromatic hydroxyl groups is 1. The van der Waals surface area contributed by atoms with Gasteiger partial charge in [0.25, 0.3) is 0 Å². The Morgan fingerprint density at radius 1 is 1.47 bits per heavy atom. The number of piperidine rings is 1. The normalized spacial score (nSPS) is 21.3. The molecule has 1 aliphatic heterocycles. The van der Waals surface area contributed by atoms with E-state index >= 15 is 0 Å². The van der Waals surface area contributed by atoms with E-state index < -0.39 is 0 Å². The van der Waals surface area contributed by atoms with E-state index in [9.17, 15) is 5.11 Å². The molecule has 1 aromatic carbocycles. The Morgan fingerprint density at radius 2 is 2.33 bits per heavy atom. The van der Waals surface area contributed by atoms with Gasteiger partial charge in [-0.05, 0) is 44.0 Å². The molecule has 1 aliphatic rings. The molecule has 0 amide bonds. The minimum atomic E-state index is 0.187. The number of benzene rings is 1. The lowest BCUT2D eigenvalue weighted by molar-refractivity contribution is 0.161. The van der Waals surface area contributed by atoms with Crippen LogP contribution in [0.1, 0.15) is 18.4 Å². The van der Waals surface area contributed by atoms with Crippen LogP contribution in [0.2, 0.25) is 0 Å². The summed E-state index contributed by atoms with van der Waals surface area (Å²) in [5.41, 5.74) is 1.04. The lowest BCUT2D eigenvalue weighted by Gasteiger charge is -2.24. The molecule has 3 heteroatoms. The van der Waals surface area contributed by atoms with Gasteiger partial charge in [0.1, 0.15) is 6.10 Å². The Kier molecular flexibility index (Phi) is 3.11. The highest BCUT2D eigenvalue weighted by molar-refractivity contribution is 5.41. The Bertz CT molecular complexity index is 332. The van der Waals surface area contributed by atoms with Gasteiger partial charge in [-0.2, -0.15) is 0 Å². The van der Waals surface area contributed by atoms with Crippen molar-refractivity contribution < 1.29 is 9.84 Å². The van der Waals surface area contributed by atoms with Gasteiger partial charge in [0.05, 0.1) is 0 Å². The lowest BCUT2D eigenvalue weighted by atomic mass is 10.1. The van der Waals surface area contributed by atoms with Crippen LogP contribution >= 0.6 is 0 Å². The fraction of sp³-hybridized carbons (Fsp3) is 0.500. The van der Waals surface area contributed by atoms with Gasteiger partial charge in [-0.25, -0.2) is 0 Å². The number of aryl methyl sites for hydroxylation is 1. The van der Waals surface area contributed by atoms with Gasteiger partial charge >= 0.3 is 0 Å². The number of ether oxygens (including phenoxy) is 1. The summed E-state index contributed by atoms with van der Waals surface area (Å²) in [4.78, 5) is 0. The molecule has 1 unspecified atom stereocenters. The smallest absolute Gasteiger partial charge is 0.161 e. The van der Waals surface area contributed by atoms with Crippen molar-refractivity contribution in [1.29, 1.82) is 0 Å². The first kappa shape index (κ1) is 10.3. The maximum atomic E-state index is 9.68. The summed E-state index contributed by atoms with van der Waals surface area (Å²) in [6.07, 6.45) is 2.38. The molecular weight excluding hydrogens is 190 g/mol. The van der Waals surface area contributed by atoms with E-state index in [1.165, 1.54) is 0 Å². The summed E-state index contributed by atoms with van der Waals surface area (Å²) < 4.78 is 5.73. The van der Waals surface area contributed by atoms with Gasteiger partial charge in [0.2, 0.25) is 0 Å². The van der Waals surface area contributed by atoms with Crippen molar-refractivity contribution in [3.8, 4) is 11.5 Å². The molecule has 3 nitrogen and oxygen atoms in total. The number of phenols is 1. The molecule has 0 spiro atoms. The van der Waals surface area contributed by atoms with Crippen LogP contribution in [0, 0.1) is 6.92 Å². The quantitative estimate of drug-likeness (QED) is 0.777. The van der Waals surface area contributed by atoms with Crippen LogP contribution < -0.4 is 10.1 Å². The predicted molar refractivity (Wildman–Crippen MR) is 59.4 cm³/mol. The van der Waals surface area contributed by atoms with Crippen molar-refractivity contribution in [3.05, 3.63) is 23.8 Å². The van der Waals surface area contributed by atoms with Crippen molar-refractivity contribution in [2.45, 2.75) is 25.9 Å². The molecule has 0 saturated carbocycles. The minimum absolute atomic E-state index is 0.187. The number of rotatable bonds is 2. The molecule has 82 valence electrons. The number of nitrogens with one attached hydrogen (secondary N) is 1. The zero-order valence-corrected chi connectivity index (χ0v) is 8.99. The first-order valence-electron chi connectivity index (χ1n) is 5.43. The Morgan fingerprint density at radius 3 is 3.00 bits per heavy atom. The van der Waals surface area contributed by atoms with Crippen LogP contribution in [-0.2, 0) is 0 Å². The van der Waals surface area contributed by atoms with Crippen LogP contribution in [0.25, 0.3) is 0 Å². The second kappa shape index (κ2) is 4.53. The van der Waals surface area contributed by atoms with E-state index in [1.54, 1.807) is 6.07 Å². The number of hydrogen-bond donors (Lipinski definition) is 2. The van der Waals surface area contributed by atoms with Crippen molar-refractivity contribution in [2.24, 2.45) is 0 Å². The molecule has 0 aliphatic carbocycles. The van der Waals surface area contributed by atoms with Crippen molar-refractivity contribution in [2.75, 3.05) is 13.1 Å². The number of hydrogen-bond acceptors (Lipinski definition) is 3. The van der Waals surface area contributed by atoms with E-state index in [0.717, 1.165) is 31.5 Å². The maximum Gasteiger partial charge on any atom is 0.161 e. The summed E-state index contributed by atoms with van der Waals surface area (Å²) in [5.74, 6) is 0.829. The molecule has 2 rings (SSSR count). The Labute approximate surface area is 90.1 Å². The van der Waals surface area contributed by atoms with Crippen molar-refractivity contribution in [3.63, 3.8) is 0 Å². The second-order valence-corrected chi connectivity index (χ2v) is 4.06. The van der Waals surface area contributed by atoms with Gasteiger partial charge in [-0.1, -0.05) is 6.07 Å². The first-order valence-corrected chi connectivity index (χ1v) is 5.43. The molecule has 1 saturated heterocycles. The fourth-order valence-corrected chi connectivity index (χ4v) is 1.83. The van der Waals surface area contributed by atoms with Crippen LogP contribution in [0.4, 0.5) is 0 Å². The third kappa shape index (κ3) is 2.63. The zero-order valence-electron chi connectivity index (χ0n) is 8.99. The zero-order chi connectivity index (χ0) is 10.7. The van der Waals surface area contributed by atoms with Crippen LogP contribution in [-0.4, -0.2) is 24.3 Å². The van der Waals surface area contributed by atoms with Gasteiger partial charge in [0, 0.05) is 6.54 Å². The SMILES string of the molecule is Cc1ccc(OC2CCCNC2)c(O)c1. The monoisotopic (exact) mass is 207 g/mol. The molecular formula is C12H17NO2. The Balaban J connectivity index is 2.03. The Hall–Kier alpha value is -1.22. The van der Waals surface area contributed by atoms with Crippen LogP contribution in [0.5, 0.6) is 11.5 Å². The lowest BCUT2D eigenvalue weighted by Crippen LogP contribution is -2.37. The largest absolute Gasteiger partial charge is 0.504 e. The number of phenolic OH excluding ortho intramolecular Hbond substituents is 1. The summed E-state index contributed by atoms with van der Waals surface area (Å²) in [7, 11) is 0. The summed E-state index contributed by atoms with van der Waals surface area (Å²) in [5, 5.41) is 13.0. The molecule has 1 atom stereocenters. The maximum absolute atomic E-state index is 9.68. The van der Waals surface area contributed by atoms with Crippen LogP contribution in [0.3, 0.4) is 0 Å². The third-order valence-electron chi connectivity index (χ3n) is 2.66. The fourth-order valence-electron chi connectivity index (χ4n) is 1.83. The molecule has 1 aromatic rings. The minimum Gasteiger partial charge on any atom is -0.504 e. The standard InChI is InChI=1S/C12H17NO2/c1-9-4-5-12(11(14)7-9)15-10-3-2-6-13-8-10/h4-5,7,10,13-14H,2-3,6,8H2,1H3. The molecule has 0 bridgehead atoms. The topological polar surface area (TPSA) is 41.5 Å². The van der Waals surface area contributed by atoms with Gasteiger partial charge in [-0.15, -0.1) is 0 Å². The van der Waals surface area contributed by atoms with Crippen molar-refractivity contribution >= 4 is 0 Å². The van der Waals surface area contributed by atoms with Gasteiger partial charge in [-0.3, -0.25) is 0 Å². The highest BCUT2D eigenvalue weighted by atomic mass is 16.5. The van der Waals surface area contributed by atoms with E-state index in [-0.39, 0.29) is 11.9 Å². The highest BCUT2D eigenvalue weighted by Gasteiger charge is 2.15. The van der Waals surface area contributed by atoms with Crippen LogP contribution in [0.15, 0.2) is 18.2 Å². The van der Waals surface area contributed by atoms with Crippen molar-refractivity contribution in [1.82, 2.24) is 5.32 Å². The van der Waals surface area contributed by atoms with Gasteiger partial charge in [0.15, 0.2) is 11.5 Å². The molecule has 1 fully saturated rings. The molecule has 1 heterocycles. The van der Waals surface area contributed by atoms with E-state index in [4.69, 9.17) is 4.74 Å². The molecule has 2 N–H and O–H groups in total. The molecule has 0 radical (unpaired) electrons. The molecule has 0 aromatic heterocycles. The third-order valence-corrected chi connectivity index (χ3v) is 2.66. The van der Waals surface area contributed by atoms with E-state index in [0.29, 0.717) is 5.75 Å². The second-order valence-electron chi connectivity index (χ2n) is 4.06. The molecule has 15 heavy (non-hydrogen) atoms. The first-order chi connectivity index (χ1) is 7.25. The summed E-state index contributed by atoms with van der Waals surface area (Å²) in [6, 6.07) is 5.51. The summed E-state index contributed by atoms with van der Waals surface area (Å²) >= 11 is 0. The van der Waals surface area contributed by atoms with E-state index in [2.05, 4.69) is 5.32 Å². The van der Waals surface area contributed by atoms with Gasteiger partial charge < -0.3 is 15.2 Å². The van der Waals surface area contributed by atoms with E-state index in [1.807, 2.05) is 19.1 Å².